The van der Waals surface area contributed by atoms with Gasteiger partial charge in [-0.15, -0.1) is 0 Å². The first-order valence-electron chi connectivity index (χ1n) is 5.19. The van der Waals surface area contributed by atoms with Gasteiger partial charge in [0.05, 0.1) is 33.0 Å². The SMILES string of the molecule is COc1cc2c(c(OC)c1OC)C(C#N)=CC2. The average Bonchev–Trinajstić information content (AvgIpc) is 2.78. The molecule has 1 aromatic carbocycles. The third-order valence-electron chi connectivity index (χ3n) is 2.83. The smallest absolute Gasteiger partial charge is 0.203 e. The first kappa shape index (κ1) is 11.3. The molecule has 0 fully saturated rings. The lowest BCUT2D eigenvalue weighted by atomic mass is 10.0. The number of benzene rings is 1. The second-order valence-electron chi connectivity index (χ2n) is 3.61. The van der Waals surface area contributed by atoms with E-state index in [2.05, 4.69) is 6.07 Å². The number of allylic oxidation sites excluding steroid dienone is 2. The maximum atomic E-state index is 9.08. The lowest BCUT2D eigenvalue weighted by Gasteiger charge is -2.16. The fourth-order valence-corrected chi connectivity index (χ4v) is 2.08. The fraction of sp³-hybridized carbons (Fsp3) is 0.308. The Bertz CT molecular complexity index is 526. The van der Waals surface area contributed by atoms with Gasteiger partial charge in [0.15, 0.2) is 11.5 Å². The Hall–Kier alpha value is -2.15. The quantitative estimate of drug-likeness (QED) is 0.800. The van der Waals surface area contributed by atoms with E-state index >= 15 is 0 Å². The van der Waals surface area contributed by atoms with Gasteiger partial charge in [0, 0.05) is 5.56 Å². The van der Waals surface area contributed by atoms with E-state index in [-0.39, 0.29) is 0 Å². The van der Waals surface area contributed by atoms with Gasteiger partial charge >= 0.3 is 0 Å². The molecule has 0 amide bonds. The molecule has 0 saturated heterocycles. The van der Waals surface area contributed by atoms with Crippen LogP contribution >= 0.6 is 0 Å². The van der Waals surface area contributed by atoms with Gasteiger partial charge in [-0.3, -0.25) is 0 Å². The van der Waals surface area contributed by atoms with Gasteiger partial charge in [-0.2, -0.15) is 5.26 Å². The lowest BCUT2D eigenvalue weighted by Crippen LogP contribution is -1.99. The van der Waals surface area contributed by atoms with Crippen molar-refractivity contribution in [1.29, 1.82) is 5.26 Å². The normalized spacial score (nSPS) is 12.5. The molecule has 0 heterocycles. The molecule has 0 N–H and O–H groups in total. The fourth-order valence-electron chi connectivity index (χ4n) is 2.08. The summed E-state index contributed by atoms with van der Waals surface area (Å²) in [6, 6.07) is 4.05. The molecule has 0 atom stereocenters. The van der Waals surface area contributed by atoms with Gasteiger partial charge in [-0.25, -0.2) is 0 Å². The zero-order valence-electron chi connectivity index (χ0n) is 10.0. The molecule has 0 saturated carbocycles. The number of rotatable bonds is 3. The summed E-state index contributed by atoms with van der Waals surface area (Å²) in [7, 11) is 4.69. The van der Waals surface area contributed by atoms with Crippen LogP contribution in [0.1, 0.15) is 11.1 Å². The molecule has 0 spiro atoms. The minimum absolute atomic E-state index is 0.525. The molecule has 1 aliphatic rings. The van der Waals surface area contributed by atoms with Crippen LogP contribution in [0.3, 0.4) is 0 Å². The van der Waals surface area contributed by atoms with Crippen LogP contribution in [0, 0.1) is 11.3 Å². The van der Waals surface area contributed by atoms with Crippen LogP contribution in [0.5, 0.6) is 17.2 Å². The van der Waals surface area contributed by atoms with Crippen molar-refractivity contribution in [3.05, 3.63) is 23.3 Å². The minimum Gasteiger partial charge on any atom is -0.493 e. The number of hydrogen-bond acceptors (Lipinski definition) is 4. The highest BCUT2D eigenvalue weighted by atomic mass is 16.5. The summed E-state index contributed by atoms with van der Waals surface area (Å²) in [5, 5.41) is 9.08. The van der Waals surface area contributed by atoms with Crippen molar-refractivity contribution in [3.63, 3.8) is 0 Å². The molecule has 88 valence electrons. The topological polar surface area (TPSA) is 51.5 Å². The maximum Gasteiger partial charge on any atom is 0.203 e. The predicted octanol–water partition coefficient (Wildman–Crippen LogP) is 2.18. The Balaban J connectivity index is 2.71. The molecule has 1 aromatic rings. The van der Waals surface area contributed by atoms with Crippen molar-refractivity contribution in [3.8, 4) is 23.3 Å². The highest BCUT2D eigenvalue weighted by Gasteiger charge is 2.25. The monoisotopic (exact) mass is 231 g/mol. The largest absolute Gasteiger partial charge is 0.493 e. The highest BCUT2D eigenvalue weighted by Crippen LogP contribution is 2.46. The van der Waals surface area contributed by atoms with Crippen LogP contribution in [-0.2, 0) is 6.42 Å². The summed E-state index contributed by atoms with van der Waals surface area (Å²) >= 11 is 0. The lowest BCUT2D eigenvalue weighted by molar-refractivity contribution is 0.323. The molecule has 1 aliphatic carbocycles. The molecule has 4 heteroatoms. The van der Waals surface area contributed by atoms with Gasteiger partial charge in [0.1, 0.15) is 0 Å². The van der Waals surface area contributed by atoms with Crippen molar-refractivity contribution in [2.24, 2.45) is 0 Å². The third-order valence-corrected chi connectivity index (χ3v) is 2.83. The van der Waals surface area contributed by atoms with Gasteiger partial charge in [-0.1, -0.05) is 6.08 Å². The van der Waals surface area contributed by atoms with Gasteiger partial charge in [0.25, 0.3) is 0 Å². The Labute approximate surface area is 100 Å². The number of nitrogens with zero attached hydrogens (tertiary/aromatic N) is 1. The molecule has 2 rings (SSSR count). The Morgan fingerprint density at radius 2 is 1.82 bits per heavy atom. The van der Waals surface area contributed by atoms with E-state index in [0.29, 0.717) is 22.8 Å². The molecule has 4 nitrogen and oxygen atoms in total. The average molecular weight is 231 g/mol. The first-order chi connectivity index (χ1) is 8.26. The first-order valence-corrected chi connectivity index (χ1v) is 5.19. The zero-order chi connectivity index (χ0) is 12.4. The molecule has 0 unspecified atom stereocenters. The highest BCUT2D eigenvalue weighted by molar-refractivity contribution is 5.88. The number of ether oxygens (including phenoxy) is 3. The van der Waals surface area contributed by atoms with Crippen molar-refractivity contribution in [1.82, 2.24) is 0 Å². The van der Waals surface area contributed by atoms with Crippen LogP contribution in [0.15, 0.2) is 12.1 Å². The third kappa shape index (κ3) is 1.60. The van der Waals surface area contributed by atoms with Crippen LogP contribution < -0.4 is 14.2 Å². The molecule has 17 heavy (non-hydrogen) atoms. The Morgan fingerprint density at radius 1 is 1.12 bits per heavy atom. The predicted molar refractivity (Wildman–Crippen MR) is 63.4 cm³/mol. The van der Waals surface area contributed by atoms with Crippen LogP contribution in [0.2, 0.25) is 0 Å². The number of hydrogen-bond donors (Lipinski definition) is 0. The van der Waals surface area contributed by atoms with Crippen molar-refractivity contribution >= 4 is 5.57 Å². The zero-order valence-corrected chi connectivity index (χ0v) is 10.0. The van der Waals surface area contributed by atoms with Gasteiger partial charge < -0.3 is 14.2 Å². The second kappa shape index (κ2) is 4.38. The second-order valence-corrected chi connectivity index (χ2v) is 3.61. The van der Waals surface area contributed by atoms with E-state index < -0.39 is 0 Å². The molecule has 0 bridgehead atoms. The standard InChI is InChI=1S/C13H13NO3/c1-15-10-6-8-4-5-9(7-14)11(8)13(17-3)12(10)16-2/h5-6H,4H2,1-3H3. The van der Waals surface area contributed by atoms with Crippen LogP contribution in [-0.4, -0.2) is 21.3 Å². The molecular weight excluding hydrogens is 218 g/mol. The molecule has 0 radical (unpaired) electrons. The van der Waals surface area contributed by atoms with Crippen LogP contribution in [0.4, 0.5) is 0 Å². The molecule has 0 aliphatic heterocycles. The van der Waals surface area contributed by atoms with E-state index in [1.165, 1.54) is 0 Å². The van der Waals surface area contributed by atoms with Crippen LogP contribution in [0.25, 0.3) is 5.57 Å². The van der Waals surface area contributed by atoms with Crippen molar-refractivity contribution in [2.45, 2.75) is 6.42 Å². The summed E-state index contributed by atoms with van der Waals surface area (Å²) in [4.78, 5) is 0. The number of methoxy groups -OCH3 is 3. The Kier molecular flexibility index (Phi) is 2.92. The van der Waals surface area contributed by atoms with E-state index in [9.17, 15) is 0 Å². The van der Waals surface area contributed by atoms with Crippen molar-refractivity contribution < 1.29 is 14.2 Å². The minimum atomic E-state index is 0.525. The molecular formula is C13H13NO3. The molecule has 0 aromatic heterocycles. The number of nitriles is 1. The van der Waals surface area contributed by atoms with Crippen molar-refractivity contribution in [2.75, 3.05) is 21.3 Å². The van der Waals surface area contributed by atoms with Gasteiger partial charge in [0.2, 0.25) is 5.75 Å². The van der Waals surface area contributed by atoms with Gasteiger partial charge in [-0.05, 0) is 18.1 Å². The van der Waals surface area contributed by atoms with E-state index in [1.807, 2.05) is 12.1 Å². The summed E-state index contributed by atoms with van der Waals surface area (Å²) in [5.41, 5.74) is 2.46. The van der Waals surface area contributed by atoms with E-state index in [4.69, 9.17) is 19.5 Å². The maximum absolute atomic E-state index is 9.08. The van der Waals surface area contributed by atoms with E-state index in [0.717, 1.165) is 17.5 Å². The Morgan fingerprint density at radius 3 is 2.35 bits per heavy atom. The summed E-state index contributed by atoms with van der Waals surface area (Å²) in [6.45, 7) is 0. The number of fused-ring (bicyclic) bond motifs is 1. The summed E-state index contributed by atoms with van der Waals surface area (Å²) in [6.07, 6.45) is 2.60. The summed E-state index contributed by atoms with van der Waals surface area (Å²) < 4.78 is 15.9. The van der Waals surface area contributed by atoms with E-state index in [1.54, 1.807) is 21.3 Å². The summed E-state index contributed by atoms with van der Waals surface area (Å²) in [5.74, 6) is 1.71.